The topological polar surface area (TPSA) is 65.4 Å². The van der Waals surface area contributed by atoms with Crippen LogP contribution in [0.5, 0.6) is 0 Å². The Kier molecular flexibility index (Phi) is 5.34. The van der Waals surface area contributed by atoms with Crippen molar-refractivity contribution in [3.63, 3.8) is 0 Å². The number of aromatic nitrogens is 2. The van der Waals surface area contributed by atoms with E-state index in [1.165, 1.54) is 0 Å². The summed E-state index contributed by atoms with van der Waals surface area (Å²) in [5.74, 6) is 0. The molecule has 1 aromatic rings. The van der Waals surface area contributed by atoms with Gasteiger partial charge in [0.25, 0.3) is 0 Å². The summed E-state index contributed by atoms with van der Waals surface area (Å²) in [6.45, 7) is 11.1. The number of nitrogens with zero attached hydrogens (tertiary/aromatic N) is 2. The van der Waals surface area contributed by atoms with Crippen LogP contribution >= 0.6 is 0 Å². The number of carbonyl (C=O) groups is 1. The number of imidazole rings is 1. The van der Waals surface area contributed by atoms with Crippen molar-refractivity contribution in [2.45, 2.75) is 71.1 Å². The fourth-order valence-electron chi connectivity index (χ4n) is 2.90. The lowest BCUT2D eigenvalue weighted by Gasteiger charge is -2.36. The summed E-state index contributed by atoms with van der Waals surface area (Å²) >= 11 is 0. The highest BCUT2D eigenvalue weighted by atomic mass is 16.6. The van der Waals surface area contributed by atoms with Gasteiger partial charge in [0.1, 0.15) is 5.60 Å². The van der Waals surface area contributed by atoms with Gasteiger partial charge in [-0.1, -0.05) is 0 Å². The van der Waals surface area contributed by atoms with Gasteiger partial charge < -0.3 is 19.4 Å². The Hall–Kier alpha value is -1.56. The average Bonchev–Trinajstić information content (AvgIpc) is 2.83. The first-order valence-corrected chi connectivity index (χ1v) is 8.28. The predicted octanol–water partition coefficient (Wildman–Crippen LogP) is 3.08. The van der Waals surface area contributed by atoms with E-state index in [1.807, 2.05) is 33.3 Å². The van der Waals surface area contributed by atoms with Gasteiger partial charge in [0.05, 0.1) is 11.9 Å². The van der Waals surface area contributed by atoms with E-state index in [2.05, 4.69) is 28.7 Å². The summed E-state index contributed by atoms with van der Waals surface area (Å²) in [5, 5.41) is 2.80. The summed E-state index contributed by atoms with van der Waals surface area (Å²) in [7, 11) is 0. The SMILES string of the molecule is CC(C)(C)OC(=O)NCCc1cncn1C1CCOC(C)(C)C1. The third kappa shape index (κ3) is 5.53. The highest BCUT2D eigenvalue weighted by Crippen LogP contribution is 2.32. The molecule has 1 fully saturated rings. The number of carbonyl (C=O) groups excluding carboxylic acids is 1. The minimum atomic E-state index is -0.473. The van der Waals surface area contributed by atoms with Crippen LogP contribution in [0.2, 0.25) is 0 Å². The first-order valence-electron chi connectivity index (χ1n) is 8.28. The normalized spacial score (nSPS) is 21.0. The van der Waals surface area contributed by atoms with Crippen molar-refractivity contribution in [3.05, 3.63) is 18.2 Å². The molecule has 130 valence electrons. The number of ether oxygens (including phenoxy) is 2. The molecule has 1 aliphatic heterocycles. The first-order chi connectivity index (χ1) is 10.7. The van der Waals surface area contributed by atoms with Gasteiger partial charge in [-0.25, -0.2) is 9.78 Å². The van der Waals surface area contributed by atoms with Gasteiger partial charge in [-0.3, -0.25) is 0 Å². The second-order valence-corrected chi connectivity index (χ2v) is 7.73. The zero-order chi connectivity index (χ0) is 17.1. The smallest absolute Gasteiger partial charge is 0.407 e. The second kappa shape index (κ2) is 6.91. The molecule has 1 aromatic heterocycles. The van der Waals surface area contributed by atoms with Crippen LogP contribution in [-0.4, -0.2) is 40.0 Å². The molecule has 6 nitrogen and oxygen atoms in total. The second-order valence-electron chi connectivity index (χ2n) is 7.73. The standard InChI is InChI=1S/C17H29N3O3/c1-16(2,3)23-15(21)19-8-6-14-11-18-12-20(14)13-7-9-22-17(4,5)10-13/h11-13H,6-10H2,1-5H3,(H,19,21). The quantitative estimate of drug-likeness (QED) is 0.925. The van der Waals surface area contributed by atoms with E-state index in [9.17, 15) is 4.79 Å². The number of nitrogens with one attached hydrogen (secondary N) is 1. The van der Waals surface area contributed by atoms with Crippen molar-refractivity contribution in [3.8, 4) is 0 Å². The van der Waals surface area contributed by atoms with Gasteiger partial charge in [-0.2, -0.15) is 0 Å². The van der Waals surface area contributed by atoms with Crippen molar-refractivity contribution < 1.29 is 14.3 Å². The third-order valence-corrected chi connectivity index (χ3v) is 3.86. The third-order valence-electron chi connectivity index (χ3n) is 3.86. The van der Waals surface area contributed by atoms with Gasteiger partial charge >= 0.3 is 6.09 Å². The number of rotatable bonds is 4. The van der Waals surface area contributed by atoms with Crippen molar-refractivity contribution in [2.75, 3.05) is 13.2 Å². The number of hydrogen-bond donors (Lipinski definition) is 1. The molecule has 2 rings (SSSR count). The first kappa shape index (κ1) is 17.8. The zero-order valence-corrected chi connectivity index (χ0v) is 14.9. The van der Waals surface area contributed by atoms with Gasteiger partial charge in [0, 0.05) is 37.5 Å². The molecule has 0 radical (unpaired) electrons. The van der Waals surface area contributed by atoms with Gasteiger partial charge in [0.15, 0.2) is 0 Å². The molecule has 1 saturated heterocycles. The van der Waals surface area contributed by atoms with Crippen LogP contribution in [0, 0.1) is 0 Å². The van der Waals surface area contributed by atoms with Gasteiger partial charge in [-0.05, 0) is 47.5 Å². The summed E-state index contributed by atoms with van der Waals surface area (Å²) < 4.78 is 13.3. The summed E-state index contributed by atoms with van der Waals surface area (Å²) in [5.41, 5.74) is 0.558. The number of amides is 1. The molecule has 0 aromatic carbocycles. The van der Waals surface area contributed by atoms with Crippen molar-refractivity contribution in [2.24, 2.45) is 0 Å². The van der Waals surface area contributed by atoms with Crippen molar-refractivity contribution in [1.82, 2.24) is 14.9 Å². The monoisotopic (exact) mass is 323 g/mol. The van der Waals surface area contributed by atoms with Crippen LogP contribution in [0.15, 0.2) is 12.5 Å². The number of hydrogen-bond acceptors (Lipinski definition) is 4. The summed E-state index contributed by atoms with van der Waals surface area (Å²) in [4.78, 5) is 16.0. The van der Waals surface area contributed by atoms with E-state index in [0.717, 1.165) is 31.6 Å². The van der Waals surface area contributed by atoms with Crippen LogP contribution in [0.1, 0.15) is 59.2 Å². The lowest BCUT2D eigenvalue weighted by atomic mass is 9.93. The van der Waals surface area contributed by atoms with Crippen LogP contribution in [0.4, 0.5) is 4.79 Å². The maximum atomic E-state index is 11.7. The van der Waals surface area contributed by atoms with Gasteiger partial charge in [-0.15, -0.1) is 0 Å². The minimum Gasteiger partial charge on any atom is -0.444 e. The molecule has 0 spiro atoms. The molecular formula is C17H29N3O3. The molecule has 0 aliphatic carbocycles. The van der Waals surface area contributed by atoms with E-state index in [-0.39, 0.29) is 11.7 Å². The number of alkyl carbamates (subject to hydrolysis) is 1. The Morgan fingerprint density at radius 2 is 2.26 bits per heavy atom. The minimum absolute atomic E-state index is 0.0980. The van der Waals surface area contributed by atoms with Crippen LogP contribution < -0.4 is 5.32 Å². The zero-order valence-electron chi connectivity index (χ0n) is 14.9. The van der Waals surface area contributed by atoms with E-state index in [0.29, 0.717) is 12.6 Å². The Morgan fingerprint density at radius 1 is 1.52 bits per heavy atom. The Bertz CT molecular complexity index is 531. The predicted molar refractivity (Wildman–Crippen MR) is 88.5 cm³/mol. The summed E-state index contributed by atoms with van der Waals surface area (Å²) in [6.07, 6.45) is 6.07. The average molecular weight is 323 g/mol. The lowest BCUT2D eigenvalue weighted by molar-refractivity contribution is -0.0694. The molecule has 6 heteroatoms. The molecular weight excluding hydrogens is 294 g/mol. The molecule has 0 bridgehead atoms. The molecule has 23 heavy (non-hydrogen) atoms. The Balaban J connectivity index is 1.88. The van der Waals surface area contributed by atoms with E-state index in [1.54, 1.807) is 0 Å². The molecule has 2 heterocycles. The van der Waals surface area contributed by atoms with Crippen molar-refractivity contribution >= 4 is 6.09 Å². The van der Waals surface area contributed by atoms with E-state index < -0.39 is 5.60 Å². The molecule has 1 unspecified atom stereocenters. The van der Waals surface area contributed by atoms with Crippen LogP contribution in [0.3, 0.4) is 0 Å². The van der Waals surface area contributed by atoms with Crippen LogP contribution in [0.25, 0.3) is 0 Å². The maximum Gasteiger partial charge on any atom is 0.407 e. The largest absolute Gasteiger partial charge is 0.444 e. The fraction of sp³-hybridized carbons (Fsp3) is 0.765. The Morgan fingerprint density at radius 3 is 2.91 bits per heavy atom. The van der Waals surface area contributed by atoms with E-state index in [4.69, 9.17) is 9.47 Å². The highest BCUT2D eigenvalue weighted by molar-refractivity contribution is 5.67. The Labute approximate surface area is 138 Å². The molecule has 1 atom stereocenters. The van der Waals surface area contributed by atoms with Crippen LogP contribution in [-0.2, 0) is 15.9 Å². The molecule has 1 N–H and O–H groups in total. The maximum absolute atomic E-state index is 11.7. The van der Waals surface area contributed by atoms with Crippen molar-refractivity contribution in [1.29, 1.82) is 0 Å². The highest BCUT2D eigenvalue weighted by Gasteiger charge is 2.30. The molecule has 0 saturated carbocycles. The fourth-order valence-corrected chi connectivity index (χ4v) is 2.90. The van der Waals surface area contributed by atoms with E-state index >= 15 is 0 Å². The molecule has 1 aliphatic rings. The molecule has 1 amide bonds. The van der Waals surface area contributed by atoms with Gasteiger partial charge in [0.2, 0.25) is 0 Å². The summed E-state index contributed by atoms with van der Waals surface area (Å²) in [6, 6.07) is 0.401. The lowest BCUT2D eigenvalue weighted by Crippen LogP contribution is -2.36.